The molecule has 29 heavy (non-hydrogen) atoms. The first-order chi connectivity index (χ1) is 14.1. The number of benzene rings is 1. The van der Waals surface area contributed by atoms with Crippen molar-refractivity contribution in [1.82, 2.24) is 19.2 Å². The lowest BCUT2D eigenvalue weighted by Crippen LogP contribution is -2.38. The number of thioether (sulfide) groups is 1. The number of methoxy groups -OCH3 is 1. The minimum atomic E-state index is -0.0732. The van der Waals surface area contributed by atoms with Gasteiger partial charge in [-0.2, -0.15) is 5.10 Å². The van der Waals surface area contributed by atoms with Crippen molar-refractivity contribution in [3.05, 3.63) is 46.6 Å². The van der Waals surface area contributed by atoms with Crippen LogP contribution >= 0.6 is 11.8 Å². The molecule has 3 rings (SSSR count). The van der Waals surface area contributed by atoms with E-state index in [9.17, 15) is 9.59 Å². The van der Waals surface area contributed by atoms with Gasteiger partial charge in [0.25, 0.3) is 0 Å². The summed E-state index contributed by atoms with van der Waals surface area (Å²) < 4.78 is 8.33. The zero-order chi connectivity index (χ0) is 20.6. The Balaban J connectivity index is 1.52. The normalized spacial score (nSPS) is 15.0. The average Bonchev–Trinajstić information content (AvgIpc) is 3.08. The highest BCUT2D eigenvalue weighted by molar-refractivity contribution is 7.99. The Morgan fingerprint density at radius 3 is 2.62 bits per heavy atom. The van der Waals surface area contributed by atoms with Crippen LogP contribution in [0.3, 0.4) is 0 Å². The summed E-state index contributed by atoms with van der Waals surface area (Å²) >= 11 is 1.72. The Labute approximate surface area is 176 Å². The quantitative estimate of drug-likeness (QED) is 0.586. The second kappa shape index (κ2) is 10.6. The summed E-state index contributed by atoms with van der Waals surface area (Å²) in [4.78, 5) is 28.2. The summed E-state index contributed by atoms with van der Waals surface area (Å²) in [6, 6.07) is 10.2. The van der Waals surface area contributed by atoms with E-state index in [0.717, 1.165) is 37.5 Å². The molecule has 2 heterocycles. The summed E-state index contributed by atoms with van der Waals surface area (Å²) in [5.74, 6) is 2.07. The SMILES string of the molecule is CCn1c(C2CCN(C(=O)CCSc3ccccc3)CC2)nn(CCOC)c1=O. The Bertz CT molecular complexity index is 841. The number of hydrogen-bond donors (Lipinski definition) is 0. The molecule has 0 atom stereocenters. The fourth-order valence-electron chi connectivity index (χ4n) is 3.70. The summed E-state index contributed by atoms with van der Waals surface area (Å²) in [6.07, 6.45) is 2.24. The van der Waals surface area contributed by atoms with Crippen LogP contribution in [0.5, 0.6) is 0 Å². The minimum absolute atomic E-state index is 0.0732. The van der Waals surface area contributed by atoms with Crippen molar-refractivity contribution in [3.63, 3.8) is 0 Å². The minimum Gasteiger partial charge on any atom is -0.383 e. The van der Waals surface area contributed by atoms with Crippen molar-refractivity contribution in [1.29, 1.82) is 0 Å². The molecule has 1 aliphatic rings. The van der Waals surface area contributed by atoms with Gasteiger partial charge in [0.05, 0.1) is 13.2 Å². The molecule has 0 spiro atoms. The molecule has 0 bridgehead atoms. The molecule has 0 saturated carbocycles. The van der Waals surface area contributed by atoms with E-state index in [1.807, 2.05) is 30.0 Å². The molecule has 1 amide bonds. The van der Waals surface area contributed by atoms with Crippen LogP contribution in [0.4, 0.5) is 0 Å². The highest BCUT2D eigenvalue weighted by Gasteiger charge is 2.28. The van der Waals surface area contributed by atoms with Crippen LogP contribution in [-0.2, 0) is 22.6 Å². The molecule has 1 saturated heterocycles. The number of rotatable bonds is 9. The maximum Gasteiger partial charge on any atom is 0.345 e. The molecule has 1 aromatic heterocycles. The van der Waals surface area contributed by atoms with Gasteiger partial charge in [-0.3, -0.25) is 9.36 Å². The van der Waals surface area contributed by atoms with Crippen molar-refractivity contribution in [2.24, 2.45) is 0 Å². The number of nitrogens with zero attached hydrogens (tertiary/aromatic N) is 4. The van der Waals surface area contributed by atoms with Gasteiger partial charge < -0.3 is 9.64 Å². The standard InChI is InChI=1S/C21H30N4O3S/c1-3-24-20(22-25(21(24)27)14-15-28-2)17-9-12-23(13-10-17)19(26)11-16-29-18-7-5-4-6-8-18/h4-8,17H,3,9-16H2,1-2H3. The number of carbonyl (C=O) groups is 1. The molecule has 7 nitrogen and oxygen atoms in total. The van der Waals surface area contributed by atoms with Gasteiger partial charge in [0.2, 0.25) is 5.91 Å². The molecular formula is C21H30N4O3S. The second-order valence-electron chi connectivity index (χ2n) is 7.17. The van der Waals surface area contributed by atoms with Gasteiger partial charge in [-0.15, -0.1) is 11.8 Å². The maximum absolute atomic E-state index is 12.6. The third-order valence-electron chi connectivity index (χ3n) is 5.32. The lowest BCUT2D eigenvalue weighted by molar-refractivity contribution is -0.131. The van der Waals surface area contributed by atoms with Crippen LogP contribution < -0.4 is 5.69 Å². The van der Waals surface area contributed by atoms with Crippen LogP contribution in [-0.4, -0.2) is 57.7 Å². The van der Waals surface area contributed by atoms with Crippen molar-refractivity contribution >= 4 is 17.7 Å². The maximum atomic E-state index is 12.6. The predicted molar refractivity (Wildman–Crippen MR) is 114 cm³/mol. The first-order valence-corrected chi connectivity index (χ1v) is 11.2. The number of amides is 1. The van der Waals surface area contributed by atoms with E-state index in [1.165, 1.54) is 9.58 Å². The zero-order valence-electron chi connectivity index (χ0n) is 17.2. The Morgan fingerprint density at radius 2 is 1.97 bits per heavy atom. The summed E-state index contributed by atoms with van der Waals surface area (Å²) in [7, 11) is 1.62. The monoisotopic (exact) mass is 418 g/mol. The summed E-state index contributed by atoms with van der Waals surface area (Å²) in [5, 5.41) is 4.58. The van der Waals surface area contributed by atoms with Crippen molar-refractivity contribution in [3.8, 4) is 0 Å². The van der Waals surface area contributed by atoms with E-state index < -0.39 is 0 Å². The van der Waals surface area contributed by atoms with Crippen molar-refractivity contribution in [2.45, 2.75) is 50.1 Å². The van der Waals surface area contributed by atoms with E-state index >= 15 is 0 Å². The molecule has 1 aliphatic heterocycles. The topological polar surface area (TPSA) is 69.4 Å². The number of piperidine rings is 1. The van der Waals surface area contributed by atoms with Crippen LogP contribution in [0, 0.1) is 0 Å². The molecule has 0 aliphatic carbocycles. The Morgan fingerprint density at radius 1 is 1.24 bits per heavy atom. The van der Waals surface area contributed by atoms with E-state index in [1.54, 1.807) is 23.4 Å². The lowest BCUT2D eigenvalue weighted by Gasteiger charge is -2.31. The van der Waals surface area contributed by atoms with Gasteiger partial charge in [-0.1, -0.05) is 18.2 Å². The molecule has 0 radical (unpaired) electrons. The van der Waals surface area contributed by atoms with E-state index in [-0.39, 0.29) is 17.5 Å². The van der Waals surface area contributed by atoms with E-state index in [4.69, 9.17) is 4.74 Å². The first kappa shape index (κ1) is 21.6. The number of carbonyl (C=O) groups excluding carboxylic acids is 1. The third kappa shape index (κ3) is 5.51. The van der Waals surface area contributed by atoms with Gasteiger partial charge in [-0.05, 0) is 31.9 Å². The summed E-state index contributed by atoms with van der Waals surface area (Å²) in [6.45, 7) is 4.96. The van der Waals surface area contributed by atoms with Gasteiger partial charge in [0.1, 0.15) is 5.82 Å². The first-order valence-electron chi connectivity index (χ1n) is 10.3. The molecule has 8 heteroatoms. The number of hydrogen-bond acceptors (Lipinski definition) is 5. The fraction of sp³-hybridized carbons (Fsp3) is 0.571. The smallest absolute Gasteiger partial charge is 0.345 e. The van der Waals surface area contributed by atoms with Crippen molar-refractivity contribution in [2.75, 3.05) is 32.6 Å². The van der Waals surface area contributed by atoms with Gasteiger partial charge in [-0.25, -0.2) is 9.48 Å². The number of aromatic nitrogens is 3. The molecular weight excluding hydrogens is 388 g/mol. The molecule has 1 fully saturated rings. The van der Waals surface area contributed by atoms with Crippen LogP contribution in [0.15, 0.2) is 40.0 Å². The van der Waals surface area contributed by atoms with Crippen molar-refractivity contribution < 1.29 is 9.53 Å². The molecule has 2 aromatic rings. The van der Waals surface area contributed by atoms with Gasteiger partial charge in [0.15, 0.2) is 0 Å². The van der Waals surface area contributed by atoms with Gasteiger partial charge >= 0.3 is 5.69 Å². The molecule has 0 unspecified atom stereocenters. The van der Waals surface area contributed by atoms with E-state index in [2.05, 4.69) is 17.2 Å². The lowest BCUT2D eigenvalue weighted by atomic mass is 9.95. The average molecular weight is 419 g/mol. The highest BCUT2D eigenvalue weighted by Crippen LogP contribution is 2.27. The van der Waals surface area contributed by atoms with Gasteiger partial charge in [0, 0.05) is 49.7 Å². The molecule has 158 valence electrons. The Hall–Kier alpha value is -2.06. The second-order valence-corrected chi connectivity index (χ2v) is 8.34. The third-order valence-corrected chi connectivity index (χ3v) is 6.33. The van der Waals surface area contributed by atoms with Crippen LogP contribution in [0.2, 0.25) is 0 Å². The van der Waals surface area contributed by atoms with Crippen LogP contribution in [0.1, 0.15) is 37.9 Å². The Kier molecular flexibility index (Phi) is 7.94. The predicted octanol–water partition coefficient (Wildman–Crippen LogP) is 2.60. The molecule has 0 N–H and O–H groups in total. The summed E-state index contributed by atoms with van der Waals surface area (Å²) in [5.41, 5.74) is -0.0732. The zero-order valence-corrected chi connectivity index (χ0v) is 18.1. The van der Waals surface area contributed by atoms with Crippen LogP contribution in [0.25, 0.3) is 0 Å². The van der Waals surface area contributed by atoms with E-state index in [0.29, 0.717) is 26.1 Å². The highest BCUT2D eigenvalue weighted by atomic mass is 32.2. The number of ether oxygens (including phenoxy) is 1. The number of likely N-dealkylation sites (tertiary alicyclic amines) is 1. The largest absolute Gasteiger partial charge is 0.383 e. The molecule has 1 aromatic carbocycles. The fourth-order valence-corrected chi connectivity index (χ4v) is 4.56.